The molecule has 1 N–H and O–H groups in total. The van der Waals surface area contributed by atoms with E-state index in [1.165, 1.54) is 6.92 Å². The number of carboxylic acid groups (broad SMARTS) is 1. The molecule has 0 radical (unpaired) electrons. The van der Waals surface area contributed by atoms with E-state index >= 15 is 0 Å². The molecule has 0 saturated carbocycles. The van der Waals surface area contributed by atoms with E-state index in [2.05, 4.69) is 0 Å². The molecule has 0 bridgehead atoms. The Morgan fingerprint density at radius 3 is 2.09 bits per heavy atom. The molecule has 64 valence electrons. The van der Waals surface area contributed by atoms with Crippen molar-refractivity contribution < 1.29 is 14.7 Å². The minimum absolute atomic E-state index is 0.0544. The van der Waals surface area contributed by atoms with Crippen molar-refractivity contribution in [3.8, 4) is 0 Å². The van der Waals surface area contributed by atoms with Crippen LogP contribution < -0.4 is 0 Å². The minimum Gasteiger partial charge on any atom is -0.481 e. The van der Waals surface area contributed by atoms with Gasteiger partial charge in [0.25, 0.3) is 0 Å². The van der Waals surface area contributed by atoms with E-state index in [4.69, 9.17) is 5.11 Å². The topological polar surface area (TPSA) is 54.4 Å². The highest BCUT2D eigenvalue weighted by Crippen LogP contribution is 2.15. The monoisotopic (exact) mass is 158 g/mol. The Kier molecular flexibility index (Phi) is 3.79. The zero-order chi connectivity index (χ0) is 9.02. The molecule has 2 atom stereocenters. The van der Waals surface area contributed by atoms with E-state index in [0.29, 0.717) is 0 Å². The highest BCUT2D eigenvalue weighted by Gasteiger charge is 2.18. The third-order valence-corrected chi connectivity index (χ3v) is 1.99. The van der Waals surface area contributed by atoms with Gasteiger partial charge in [0.1, 0.15) is 5.78 Å². The van der Waals surface area contributed by atoms with Crippen LogP contribution in [0.25, 0.3) is 0 Å². The first-order valence-electron chi connectivity index (χ1n) is 3.67. The molecule has 0 aliphatic carbocycles. The van der Waals surface area contributed by atoms with E-state index in [0.717, 1.165) is 0 Å². The van der Waals surface area contributed by atoms with E-state index in [1.807, 2.05) is 0 Å². The molecule has 0 aliphatic heterocycles. The predicted molar refractivity (Wildman–Crippen MR) is 41.3 cm³/mol. The normalized spacial score (nSPS) is 15.5. The average Bonchev–Trinajstić information content (AvgIpc) is 1.84. The maximum absolute atomic E-state index is 10.8. The summed E-state index contributed by atoms with van der Waals surface area (Å²) in [5, 5.41) is 8.40. The van der Waals surface area contributed by atoms with Crippen molar-refractivity contribution in [3.63, 3.8) is 0 Å². The maximum Gasteiger partial charge on any atom is 0.303 e. The first-order valence-corrected chi connectivity index (χ1v) is 3.67. The van der Waals surface area contributed by atoms with E-state index in [1.54, 1.807) is 13.8 Å². The zero-order valence-electron chi connectivity index (χ0n) is 7.13. The minimum atomic E-state index is -0.842. The van der Waals surface area contributed by atoms with Crippen molar-refractivity contribution >= 4 is 11.8 Å². The fraction of sp³-hybridized carbons (Fsp3) is 0.750. The second-order valence-corrected chi connectivity index (χ2v) is 2.97. The van der Waals surface area contributed by atoms with E-state index < -0.39 is 5.97 Å². The van der Waals surface area contributed by atoms with Gasteiger partial charge in [-0.25, -0.2) is 0 Å². The van der Waals surface area contributed by atoms with Crippen LogP contribution in [0.1, 0.15) is 27.2 Å². The average molecular weight is 158 g/mol. The lowest BCUT2D eigenvalue weighted by atomic mass is 9.90. The zero-order valence-corrected chi connectivity index (χ0v) is 7.13. The van der Waals surface area contributed by atoms with Crippen LogP contribution in [0, 0.1) is 11.8 Å². The molecule has 0 aromatic heterocycles. The van der Waals surface area contributed by atoms with Gasteiger partial charge in [0, 0.05) is 12.3 Å². The van der Waals surface area contributed by atoms with Crippen molar-refractivity contribution in [2.24, 2.45) is 11.8 Å². The first kappa shape index (κ1) is 10.1. The largest absolute Gasteiger partial charge is 0.481 e. The SMILES string of the molecule is CC(=O)[C@@H](C)[C@H](C)CC(=O)O. The fourth-order valence-corrected chi connectivity index (χ4v) is 0.853. The summed E-state index contributed by atoms with van der Waals surface area (Å²) in [6.07, 6.45) is 0.0702. The number of hydrogen-bond donors (Lipinski definition) is 1. The Labute approximate surface area is 66.4 Å². The van der Waals surface area contributed by atoms with Crippen molar-refractivity contribution in [2.45, 2.75) is 27.2 Å². The first-order chi connectivity index (χ1) is 4.95. The number of carbonyl (C=O) groups excluding carboxylic acids is 1. The fourth-order valence-electron chi connectivity index (χ4n) is 0.853. The van der Waals surface area contributed by atoms with Crippen molar-refractivity contribution in [2.75, 3.05) is 0 Å². The molecule has 0 unspecified atom stereocenters. The summed E-state index contributed by atoms with van der Waals surface area (Å²) >= 11 is 0. The Morgan fingerprint density at radius 2 is 1.82 bits per heavy atom. The molecule has 3 nitrogen and oxygen atoms in total. The van der Waals surface area contributed by atoms with Gasteiger partial charge in [-0.3, -0.25) is 9.59 Å². The lowest BCUT2D eigenvalue weighted by Crippen LogP contribution is -2.18. The number of carboxylic acids is 1. The maximum atomic E-state index is 10.8. The molecular formula is C8H14O3. The standard InChI is InChI=1S/C8H14O3/c1-5(4-8(10)11)6(2)7(3)9/h5-6H,4H2,1-3H3,(H,10,11)/t5-,6+/m1/s1. The van der Waals surface area contributed by atoms with Crippen molar-refractivity contribution in [1.82, 2.24) is 0 Å². The molecule has 0 heterocycles. The van der Waals surface area contributed by atoms with Crippen LogP contribution in [0.4, 0.5) is 0 Å². The summed E-state index contributed by atoms with van der Waals surface area (Å²) < 4.78 is 0. The summed E-state index contributed by atoms with van der Waals surface area (Å²) in [6, 6.07) is 0. The van der Waals surface area contributed by atoms with Crippen LogP contribution in [0.5, 0.6) is 0 Å². The van der Waals surface area contributed by atoms with Gasteiger partial charge in [-0.05, 0) is 12.8 Å². The van der Waals surface area contributed by atoms with Crippen LogP contribution in [0.15, 0.2) is 0 Å². The second kappa shape index (κ2) is 4.11. The van der Waals surface area contributed by atoms with Crippen molar-refractivity contribution in [1.29, 1.82) is 0 Å². The number of aliphatic carboxylic acids is 1. The summed E-state index contributed by atoms with van der Waals surface area (Å²) in [6.45, 7) is 5.03. The second-order valence-electron chi connectivity index (χ2n) is 2.97. The number of carbonyl (C=O) groups is 2. The van der Waals surface area contributed by atoms with Gasteiger partial charge in [-0.1, -0.05) is 13.8 Å². The van der Waals surface area contributed by atoms with E-state index in [9.17, 15) is 9.59 Å². The third kappa shape index (κ3) is 3.75. The van der Waals surface area contributed by atoms with Gasteiger partial charge in [0.05, 0.1) is 0 Å². The number of ketones is 1. The molecule has 3 heteroatoms. The molecule has 0 aromatic rings. The van der Waals surface area contributed by atoms with Crippen LogP contribution in [-0.2, 0) is 9.59 Å². The molecule has 0 aromatic carbocycles. The van der Waals surface area contributed by atoms with Crippen LogP contribution in [0.2, 0.25) is 0 Å². The Bertz CT molecular complexity index is 163. The van der Waals surface area contributed by atoms with Gasteiger partial charge < -0.3 is 5.11 Å². The van der Waals surface area contributed by atoms with Crippen LogP contribution >= 0.6 is 0 Å². The third-order valence-electron chi connectivity index (χ3n) is 1.99. The molecular weight excluding hydrogens is 144 g/mol. The van der Waals surface area contributed by atoms with Gasteiger partial charge in [-0.2, -0.15) is 0 Å². The van der Waals surface area contributed by atoms with Gasteiger partial charge in [0.15, 0.2) is 0 Å². The molecule has 0 saturated heterocycles. The Hall–Kier alpha value is -0.860. The van der Waals surface area contributed by atoms with Crippen LogP contribution in [0.3, 0.4) is 0 Å². The van der Waals surface area contributed by atoms with Gasteiger partial charge in [0.2, 0.25) is 0 Å². The highest BCUT2D eigenvalue weighted by atomic mass is 16.4. The predicted octanol–water partition coefficient (Wildman–Crippen LogP) is 1.32. The van der Waals surface area contributed by atoms with Gasteiger partial charge in [-0.15, -0.1) is 0 Å². The number of hydrogen-bond acceptors (Lipinski definition) is 2. The number of rotatable bonds is 4. The van der Waals surface area contributed by atoms with Crippen molar-refractivity contribution in [3.05, 3.63) is 0 Å². The van der Waals surface area contributed by atoms with E-state index in [-0.39, 0.29) is 24.0 Å². The summed E-state index contributed by atoms with van der Waals surface area (Å²) in [7, 11) is 0. The molecule has 0 aliphatic rings. The molecule has 0 amide bonds. The van der Waals surface area contributed by atoms with Gasteiger partial charge >= 0.3 is 5.97 Å². The smallest absolute Gasteiger partial charge is 0.303 e. The van der Waals surface area contributed by atoms with Crippen LogP contribution in [-0.4, -0.2) is 16.9 Å². The number of Topliss-reactive ketones (excluding diaryl/α,β-unsaturated/α-hetero) is 1. The highest BCUT2D eigenvalue weighted by molar-refractivity contribution is 5.79. The lowest BCUT2D eigenvalue weighted by Gasteiger charge is -2.13. The molecule has 0 fully saturated rings. The lowest BCUT2D eigenvalue weighted by molar-refractivity contribution is -0.138. The molecule has 11 heavy (non-hydrogen) atoms. The Balaban J connectivity index is 3.92. The quantitative estimate of drug-likeness (QED) is 0.671. The molecule has 0 rings (SSSR count). The molecule has 0 spiro atoms. The Morgan fingerprint density at radius 1 is 1.36 bits per heavy atom. The summed E-state index contributed by atoms with van der Waals surface area (Å²) in [5.74, 6) is -1.000. The summed E-state index contributed by atoms with van der Waals surface area (Å²) in [5.41, 5.74) is 0. The summed E-state index contributed by atoms with van der Waals surface area (Å²) in [4.78, 5) is 21.0.